The zero-order valence-corrected chi connectivity index (χ0v) is 7.96. The van der Waals surface area contributed by atoms with Gasteiger partial charge >= 0.3 is 0 Å². The first-order valence-corrected chi connectivity index (χ1v) is 5.50. The summed E-state index contributed by atoms with van der Waals surface area (Å²) in [5.41, 5.74) is 5.54. The van der Waals surface area contributed by atoms with Crippen LogP contribution in [-0.2, 0) is 4.79 Å². The molecule has 0 heterocycles. The van der Waals surface area contributed by atoms with E-state index in [1.807, 2.05) is 0 Å². The molecule has 0 aliphatic heterocycles. The molecule has 2 unspecified atom stereocenters. The number of carbonyl (C=O) groups excluding carboxylic acids is 1. The number of nitrogens with two attached hydrogens (primary N) is 1. The zero-order valence-electron chi connectivity index (χ0n) is 7.96. The van der Waals surface area contributed by atoms with Gasteiger partial charge in [0.05, 0.1) is 5.41 Å². The van der Waals surface area contributed by atoms with Gasteiger partial charge in [0.25, 0.3) is 0 Å². The monoisotopic (exact) mass is 179 g/mol. The Labute approximate surface area is 78.9 Å². The van der Waals surface area contributed by atoms with Crippen molar-refractivity contribution in [2.45, 2.75) is 38.5 Å². The molecule has 0 aromatic heterocycles. The molecule has 2 nitrogen and oxygen atoms in total. The van der Waals surface area contributed by atoms with Crippen molar-refractivity contribution in [3.05, 3.63) is 0 Å². The highest BCUT2D eigenvalue weighted by Gasteiger charge is 2.58. The van der Waals surface area contributed by atoms with Crippen LogP contribution in [-0.4, -0.2) is 5.91 Å². The topological polar surface area (TPSA) is 43.1 Å². The molecule has 72 valence electrons. The quantitative estimate of drug-likeness (QED) is 0.654. The molecule has 13 heavy (non-hydrogen) atoms. The van der Waals surface area contributed by atoms with E-state index in [0.29, 0.717) is 5.92 Å². The highest BCUT2D eigenvalue weighted by Crippen LogP contribution is 2.62. The SMILES string of the molecule is NC(=O)C12CC3CCC(CC1C3)C2. The van der Waals surface area contributed by atoms with Gasteiger partial charge in [-0.15, -0.1) is 0 Å². The fraction of sp³-hybridized carbons (Fsp3) is 0.909. The lowest BCUT2D eigenvalue weighted by Crippen LogP contribution is -2.36. The maximum Gasteiger partial charge on any atom is 0.223 e. The van der Waals surface area contributed by atoms with Gasteiger partial charge in [0.15, 0.2) is 0 Å². The number of rotatable bonds is 1. The van der Waals surface area contributed by atoms with Crippen LogP contribution in [0, 0.1) is 23.2 Å². The first kappa shape index (κ1) is 7.84. The van der Waals surface area contributed by atoms with E-state index in [2.05, 4.69) is 0 Å². The van der Waals surface area contributed by atoms with Crippen LogP contribution in [0.4, 0.5) is 0 Å². The summed E-state index contributed by atoms with van der Waals surface area (Å²) >= 11 is 0. The van der Waals surface area contributed by atoms with E-state index < -0.39 is 0 Å². The average Bonchev–Trinajstić information content (AvgIpc) is 2.32. The van der Waals surface area contributed by atoms with Crippen molar-refractivity contribution < 1.29 is 4.79 Å². The normalized spacial score (nSPS) is 52.5. The molecular formula is C11H17NO. The molecule has 4 bridgehead atoms. The second kappa shape index (κ2) is 2.28. The summed E-state index contributed by atoms with van der Waals surface area (Å²) < 4.78 is 0. The van der Waals surface area contributed by atoms with Gasteiger partial charge in [-0.05, 0) is 43.4 Å². The Morgan fingerprint density at radius 2 is 1.69 bits per heavy atom. The summed E-state index contributed by atoms with van der Waals surface area (Å²) in [6, 6.07) is 0. The van der Waals surface area contributed by atoms with E-state index >= 15 is 0 Å². The average molecular weight is 179 g/mol. The van der Waals surface area contributed by atoms with Crippen LogP contribution in [0.5, 0.6) is 0 Å². The van der Waals surface area contributed by atoms with Crippen molar-refractivity contribution >= 4 is 5.91 Å². The Balaban J connectivity index is 2.03. The molecule has 4 aliphatic carbocycles. The van der Waals surface area contributed by atoms with Gasteiger partial charge in [-0.1, -0.05) is 12.8 Å². The third kappa shape index (κ3) is 0.866. The van der Waals surface area contributed by atoms with E-state index in [1.54, 1.807) is 0 Å². The van der Waals surface area contributed by atoms with E-state index in [4.69, 9.17) is 5.73 Å². The number of hydrogen-bond acceptors (Lipinski definition) is 1. The van der Waals surface area contributed by atoms with Crippen LogP contribution in [0.3, 0.4) is 0 Å². The highest BCUT2D eigenvalue weighted by molar-refractivity contribution is 5.82. The van der Waals surface area contributed by atoms with Crippen molar-refractivity contribution in [2.75, 3.05) is 0 Å². The summed E-state index contributed by atoms with van der Waals surface area (Å²) in [6.07, 6.45) is 7.53. The molecule has 0 radical (unpaired) electrons. The first-order chi connectivity index (χ1) is 6.21. The largest absolute Gasteiger partial charge is 0.369 e. The maximum absolute atomic E-state index is 11.5. The lowest BCUT2D eigenvalue weighted by atomic mass is 9.79. The lowest BCUT2D eigenvalue weighted by molar-refractivity contribution is -0.128. The maximum atomic E-state index is 11.5. The minimum absolute atomic E-state index is 0.00407. The van der Waals surface area contributed by atoms with Crippen molar-refractivity contribution in [3.63, 3.8) is 0 Å². The third-order valence-corrected chi connectivity index (χ3v) is 4.80. The number of hydrogen-bond donors (Lipinski definition) is 1. The summed E-state index contributed by atoms with van der Waals surface area (Å²) in [4.78, 5) is 11.5. The fourth-order valence-corrected chi connectivity index (χ4v) is 4.28. The molecule has 0 spiro atoms. The van der Waals surface area contributed by atoms with Gasteiger partial charge in [0.1, 0.15) is 0 Å². The van der Waals surface area contributed by atoms with Gasteiger partial charge in [-0.25, -0.2) is 0 Å². The van der Waals surface area contributed by atoms with Crippen LogP contribution >= 0.6 is 0 Å². The van der Waals surface area contributed by atoms with E-state index in [9.17, 15) is 4.79 Å². The third-order valence-electron chi connectivity index (χ3n) is 4.80. The molecule has 4 saturated carbocycles. The molecule has 2 atom stereocenters. The Kier molecular flexibility index (Phi) is 1.38. The van der Waals surface area contributed by atoms with Crippen molar-refractivity contribution in [3.8, 4) is 0 Å². The van der Waals surface area contributed by atoms with Gasteiger partial charge < -0.3 is 5.73 Å². The predicted octanol–water partition coefficient (Wildman–Crippen LogP) is 1.69. The molecule has 2 N–H and O–H groups in total. The molecule has 1 amide bonds. The molecule has 0 aromatic rings. The summed E-state index contributed by atoms with van der Waals surface area (Å²) in [5.74, 6) is 2.31. The van der Waals surface area contributed by atoms with Crippen LogP contribution in [0.25, 0.3) is 0 Å². The number of carbonyl (C=O) groups is 1. The van der Waals surface area contributed by atoms with E-state index in [1.165, 1.54) is 25.7 Å². The van der Waals surface area contributed by atoms with Gasteiger partial charge in [-0.2, -0.15) is 0 Å². The molecule has 2 heteroatoms. The highest BCUT2D eigenvalue weighted by atomic mass is 16.1. The fourth-order valence-electron chi connectivity index (χ4n) is 4.28. The van der Waals surface area contributed by atoms with Crippen molar-refractivity contribution in [1.82, 2.24) is 0 Å². The molecule has 4 aliphatic rings. The van der Waals surface area contributed by atoms with Gasteiger partial charge in [0, 0.05) is 0 Å². The first-order valence-electron chi connectivity index (χ1n) is 5.50. The Bertz CT molecular complexity index is 245. The van der Waals surface area contributed by atoms with Crippen molar-refractivity contribution in [2.24, 2.45) is 28.9 Å². The zero-order chi connectivity index (χ0) is 9.05. The van der Waals surface area contributed by atoms with E-state index in [-0.39, 0.29) is 11.3 Å². The standard InChI is InChI=1S/C11H17NO/c12-10(13)11-5-7-1-2-8(6-11)4-9(11)3-7/h7-9H,1-6H2,(H2,12,13). The summed E-state index contributed by atoms with van der Waals surface area (Å²) in [7, 11) is 0. The second-order valence-electron chi connectivity index (χ2n) is 5.41. The molecule has 0 aromatic carbocycles. The van der Waals surface area contributed by atoms with Crippen LogP contribution in [0.1, 0.15) is 38.5 Å². The second-order valence-corrected chi connectivity index (χ2v) is 5.41. The van der Waals surface area contributed by atoms with E-state index in [0.717, 1.165) is 24.7 Å². The van der Waals surface area contributed by atoms with Gasteiger partial charge in [0.2, 0.25) is 5.91 Å². The number of fused-ring (bicyclic) bond motifs is 1. The summed E-state index contributed by atoms with van der Waals surface area (Å²) in [6.45, 7) is 0. The number of amides is 1. The number of primary amides is 1. The minimum atomic E-state index is -0.0498. The van der Waals surface area contributed by atoms with Crippen LogP contribution in [0.2, 0.25) is 0 Å². The van der Waals surface area contributed by atoms with Gasteiger partial charge in [-0.3, -0.25) is 4.79 Å². The van der Waals surface area contributed by atoms with Crippen molar-refractivity contribution in [1.29, 1.82) is 0 Å². The molecule has 0 saturated heterocycles. The summed E-state index contributed by atoms with van der Waals surface area (Å²) in [5, 5.41) is 0. The minimum Gasteiger partial charge on any atom is -0.369 e. The molecule has 4 rings (SSSR count). The predicted molar refractivity (Wildman–Crippen MR) is 49.8 cm³/mol. The van der Waals surface area contributed by atoms with Crippen LogP contribution in [0.15, 0.2) is 0 Å². The molecular weight excluding hydrogens is 162 g/mol. The Hall–Kier alpha value is -0.530. The van der Waals surface area contributed by atoms with Crippen LogP contribution < -0.4 is 5.73 Å². The molecule has 4 fully saturated rings. The lowest BCUT2D eigenvalue weighted by Gasteiger charge is -2.24. The smallest absolute Gasteiger partial charge is 0.223 e. The Morgan fingerprint density at radius 3 is 2.08 bits per heavy atom. The Morgan fingerprint density at radius 1 is 1.15 bits per heavy atom.